The van der Waals surface area contributed by atoms with Gasteiger partial charge in [-0.3, -0.25) is 4.79 Å². The molecule has 94 valence electrons. The molecule has 0 unspecified atom stereocenters. The maximum atomic E-state index is 11.8. The van der Waals surface area contributed by atoms with Gasteiger partial charge in [0.25, 0.3) is 0 Å². The SMILES string of the molecule is CC(=O)c1ccc(Cl)c(S(=O)(=O)NCCN)c1. The normalized spacial score (nSPS) is 11.5. The van der Waals surface area contributed by atoms with E-state index in [4.69, 9.17) is 17.3 Å². The van der Waals surface area contributed by atoms with Crippen molar-refractivity contribution in [3.8, 4) is 0 Å². The lowest BCUT2D eigenvalue weighted by Crippen LogP contribution is -2.29. The van der Waals surface area contributed by atoms with E-state index in [1.54, 1.807) is 0 Å². The number of carbonyl (C=O) groups is 1. The van der Waals surface area contributed by atoms with E-state index in [-0.39, 0.29) is 28.8 Å². The summed E-state index contributed by atoms with van der Waals surface area (Å²) in [7, 11) is -3.72. The number of rotatable bonds is 5. The van der Waals surface area contributed by atoms with Crippen molar-refractivity contribution in [2.45, 2.75) is 11.8 Å². The van der Waals surface area contributed by atoms with Crippen LogP contribution in [0.1, 0.15) is 17.3 Å². The Kier molecular flexibility index (Phi) is 4.64. The van der Waals surface area contributed by atoms with Gasteiger partial charge in [0.2, 0.25) is 10.0 Å². The molecule has 0 aromatic heterocycles. The highest BCUT2D eigenvalue weighted by Gasteiger charge is 2.18. The summed E-state index contributed by atoms with van der Waals surface area (Å²) in [6.07, 6.45) is 0. The van der Waals surface area contributed by atoms with Gasteiger partial charge in [-0.2, -0.15) is 0 Å². The van der Waals surface area contributed by atoms with Crippen molar-refractivity contribution in [1.29, 1.82) is 0 Å². The van der Waals surface area contributed by atoms with Crippen LogP contribution in [-0.4, -0.2) is 27.3 Å². The lowest BCUT2D eigenvalue weighted by Gasteiger charge is -2.08. The average Bonchev–Trinajstić information content (AvgIpc) is 2.26. The molecule has 1 aromatic carbocycles. The van der Waals surface area contributed by atoms with Crippen molar-refractivity contribution in [2.24, 2.45) is 5.73 Å². The van der Waals surface area contributed by atoms with Gasteiger partial charge in [0.1, 0.15) is 4.90 Å². The smallest absolute Gasteiger partial charge is 0.242 e. The Morgan fingerprint density at radius 1 is 1.47 bits per heavy atom. The van der Waals surface area contributed by atoms with Gasteiger partial charge in [-0.1, -0.05) is 11.6 Å². The summed E-state index contributed by atoms with van der Waals surface area (Å²) in [5.41, 5.74) is 5.51. The van der Waals surface area contributed by atoms with Crippen molar-refractivity contribution in [1.82, 2.24) is 4.72 Å². The number of ketones is 1. The third kappa shape index (κ3) is 3.50. The first-order valence-corrected chi connectivity index (χ1v) is 6.75. The molecule has 0 saturated carbocycles. The Hall–Kier alpha value is -0.950. The summed E-state index contributed by atoms with van der Waals surface area (Å²) in [4.78, 5) is 11.1. The summed E-state index contributed by atoms with van der Waals surface area (Å²) in [6, 6.07) is 4.12. The van der Waals surface area contributed by atoms with Crippen LogP contribution in [0, 0.1) is 0 Å². The van der Waals surface area contributed by atoms with Crippen LogP contribution in [0.5, 0.6) is 0 Å². The Balaban J connectivity index is 3.20. The first kappa shape index (κ1) is 14.1. The molecule has 0 aliphatic carbocycles. The second kappa shape index (κ2) is 5.59. The molecule has 0 bridgehead atoms. The zero-order chi connectivity index (χ0) is 13.1. The highest BCUT2D eigenvalue weighted by Crippen LogP contribution is 2.22. The predicted octanol–water partition coefficient (Wildman–Crippen LogP) is 0.780. The van der Waals surface area contributed by atoms with Gasteiger partial charge in [0.05, 0.1) is 5.02 Å². The molecule has 0 saturated heterocycles. The molecular formula is C10H13ClN2O3S. The molecule has 7 heteroatoms. The molecule has 0 radical (unpaired) electrons. The summed E-state index contributed by atoms with van der Waals surface area (Å²) in [5.74, 6) is -0.225. The second-order valence-electron chi connectivity index (χ2n) is 3.39. The fourth-order valence-corrected chi connectivity index (χ4v) is 2.77. The summed E-state index contributed by atoms with van der Waals surface area (Å²) >= 11 is 5.80. The Labute approximate surface area is 105 Å². The largest absolute Gasteiger partial charge is 0.329 e. The predicted molar refractivity (Wildman–Crippen MR) is 65.7 cm³/mol. The zero-order valence-electron chi connectivity index (χ0n) is 9.23. The molecule has 1 rings (SSSR count). The van der Waals surface area contributed by atoms with E-state index in [2.05, 4.69) is 4.72 Å². The van der Waals surface area contributed by atoms with E-state index >= 15 is 0 Å². The topological polar surface area (TPSA) is 89.3 Å². The van der Waals surface area contributed by atoms with Gasteiger partial charge in [-0.15, -0.1) is 0 Å². The Morgan fingerprint density at radius 3 is 2.65 bits per heavy atom. The average molecular weight is 277 g/mol. The first-order chi connectivity index (χ1) is 7.88. The molecule has 17 heavy (non-hydrogen) atoms. The number of Topliss-reactive ketones (excluding diaryl/α,β-unsaturated/α-hetero) is 1. The Bertz CT molecular complexity index is 528. The molecule has 0 amide bonds. The molecule has 5 nitrogen and oxygen atoms in total. The van der Waals surface area contributed by atoms with Crippen molar-refractivity contribution in [3.05, 3.63) is 28.8 Å². The molecule has 0 aliphatic heterocycles. The monoisotopic (exact) mass is 276 g/mol. The minimum atomic E-state index is -3.72. The van der Waals surface area contributed by atoms with Gasteiger partial charge in [-0.05, 0) is 25.1 Å². The molecule has 0 aliphatic rings. The zero-order valence-corrected chi connectivity index (χ0v) is 10.8. The summed E-state index contributed by atoms with van der Waals surface area (Å²) < 4.78 is 25.9. The molecule has 0 spiro atoms. The fourth-order valence-electron chi connectivity index (χ4n) is 1.20. The van der Waals surface area contributed by atoms with Crippen LogP contribution in [0.25, 0.3) is 0 Å². The number of sulfonamides is 1. The second-order valence-corrected chi connectivity index (χ2v) is 5.53. The van der Waals surface area contributed by atoms with Crippen LogP contribution in [0.2, 0.25) is 5.02 Å². The van der Waals surface area contributed by atoms with Crippen molar-refractivity contribution < 1.29 is 13.2 Å². The van der Waals surface area contributed by atoms with Gasteiger partial charge in [-0.25, -0.2) is 13.1 Å². The van der Waals surface area contributed by atoms with Crippen LogP contribution in [0.15, 0.2) is 23.1 Å². The number of benzene rings is 1. The molecular weight excluding hydrogens is 264 g/mol. The Morgan fingerprint density at radius 2 is 2.12 bits per heavy atom. The molecule has 0 heterocycles. The maximum Gasteiger partial charge on any atom is 0.242 e. The van der Waals surface area contributed by atoms with Gasteiger partial charge in [0.15, 0.2) is 5.78 Å². The highest BCUT2D eigenvalue weighted by molar-refractivity contribution is 7.89. The lowest BCUT2D eigenvalue weighted by atomic mass is 10.1. The molecule has 3 N–H and O–H groups in total. The van der Waals surface area contributed by atoms with E-state index in [1.165, 1.54) is 25.1 Å². The molecule has 0 fully saturated rings. The van der Waals surface area contributed by atoms with Crippen LogP contribution in [0.3, 0.4) is 0 Å². The number of hydrogen-bond donors (Lipinski definition) is 2. The van der Waals surface area contributed by atoms with Crippen LogP contribution < -0.4 is 10.5 Å². The summed E-state index contributed by atoms with van der Waals surface area (Å²) in [6.45, 7) is 1.65. The van der Waals surface area contributed by atoms with E-state index in [0.717, 1.165) is 0 Å². The summed E-state index contributed by atoms with van der Waals surface area (Å²) in [5, 5.41) is 0.0690. The van der Waals surface area contributed by atoms with Crippen molar-refractivity contribution in [3.63, 3.8) is 0 Å². The maximum absolute atomic E-state index is 11.8. The minimum Gasteiger partial charge on any atom is -0.329 e. The third-order valence-electron chi connectivity index (χ3n) is 2.06. The van der Waals surface area contributed by atoms with E-state index < -0.39 is 10.0 Å². The minimum absolute atomic E-state index is 0.0690. The first-order valence-electron chi connectivity index (χ1n) is 4.88. The van der Waals surface area contributed by atoms with Crippen molar-refractivity contribution in [2.75, 3.05) is 13.1 Å². The number of nitrogens with two attached hydrogens (primary N) is 1. The third-order valence-corrected chi connectivity index (χ3v) is 4.01. The van der Waals surface area contributed by atoms with Crippen LogP contribution in [0.4, 0.5) is 0 Å². The fraction of sp³-hybridized carbons (Fsp3) is 0.300. The standard InChI is InChI=1S/C10H13ClN2O3S/c1-7(14)8-2-3-9(11)10(6-8)17(15,16)13-5-4-12/h2-3,6,13H,4-5,12H2,1H3. The number of halogens is 1. The van der Waals surface area contributed by atoms with E-state index in [9.17, 15) is 13.2 Å². The van der Waals surface area contributed by atoms with Gasteiger partial charge >= 0.3 is 0 Å². The quantitative estimate of drug-likeness (QED) is 0.778. The van der Waals surface area contributed by atoms with Gasteiger partial charge in [0, 0.05) is 18.7 Å². The van der Waals surface area contributed by atoms with Crippen molar-refractivity contribution >= 4 is 27.4 Å². The van der Waals surface area contributed by atoms with Crippen LogP contribution >= 0.6 is 11.6 Å². The molecule has 1 aromatic rings. The number of hydrogen-bond acceptors (Lipinski definition) is 4. The lowest BCUT2D eigenvalue weighted by molar-refractivity contribution is 0.101. The van der Waals surface area contributed by atoms with Crippen LogP contribution in [-0.2, 0) is 10.0 Å². The van der Waals surface area contributed by atoms with E-state index in [0.29, 0.717) is 5.56 Å². The molecule has 0 atom stereocenters. The highest BCUT2D eigenvalue weighted by atomic mass is 35.5. The number of carbonyl (C=O) groups excluding carboxylic acids is 1. The van der Waals surface area contributed by atoms with E-state index in [1.807, 2.05) is 0 Å². The van der Waals surface area contributed by atoms with Gasteiger partial charge < -0.3 is 5.73 Å². The number of nitrogens with one attached hydrogen (secondary N) is 1.